The summed E-state index contributed by atoms with van der Waals surface area (Å²) < 4.78 is 1.67. The molecule has 2 aromatic heterocycles. The van der Waals surface area contributed by atoms with Crippen LogP contribution in [0, 0.1) is 0 Å². The molecule has 1 atom stereocenters. The van der Waals surface area contributed by atoms with Crippen molar-refractivity contribution < 1.29 is 0 Å². The Bertz CT molecular complexity index is 580. The molecule has 7 heteroatoms. The maximum Gasteiger partial charge on any atom is 0.173 e. The molecule has 18 heavy (non-hydrogen) atoms. The zero-order chi connectivity index (χ0) is 12.7. The van der Waals surface area contributed by atoms with Crippen molar-refractivity contribution in [3.63, 3.8) is 0 Å². The Morgan fingerprint density at radius 3 is 3.00 bits per heavy atom. The molecule has 1 fully saturated rings. The first kappa shape index (κ1) is 11.6. The van der Waals surface area contributed by atoms with Crippen LogP contribution in [-0.2, 0) is 0 Å². The Labute approximate surface area is 109 Å². The Kier molecular flexibility index (Phi) is 2.79. The van der Waals surface area contributed by atoms with Crippen molar-refractivity contribution in [2.24, 2.45) is 5.73 Å². The molecule has 2 aromatic rings. The Balaban J connectivity index is 2.08. The van der Waals surface area contributed by atoms with E-state index >= 15 is 0 Å². The number of nitrogen functional groups attached to an aromatic ring is 1. The SMILES string of the molecule is CSc1cnn2c(N)cc(N3CCC(N)C3)nc12. The second-order valence-electron chi connectivity index (χ2n) is 4.48. The predicted octanol–water partition coefficient (Wildman–Crippen LogP) is 0.571. The lowest BCUT2D eigenvalue weighted by molar-refractivity contribution is 0.751. The molecule has 1 saturated heterocycles. The van der Waals surface area contributed by atoms with Gasteiger partial charge in [0.05, 0.1) is 11.1 Å². The molecule has 0 saturated carbocycles. The van der Waals surface area contributed by atoms with Gasteiger partial charge in [-0.2, -0.15) is 9.61 Å². The maximum absolute atomic E-state index is 6.02. The summed E-state index contributed by atoms with van der Waals surface area (Å²) in [5.74, 6) is 1.50. The zero-order valence-corrected chi connectivity index (χ0v) is 11.0. The average molecular weight is 264 g/mol. The van der Waals surface area contributed by atoms with E-state index in [2.05, 4.69) is 15.0 Å². The average Bonchev–Trinajstić information content (AvgIpc) is 2.95. The summed E-state index contributed by atoms with van der Waals surface area (Å²) in [7, 11) is 0. The monoisotopic (exact) mass is 264 g/mol. The summed E-state index contributed by atoms with van der Waals surface area (Å²) >= 11 is 1.62. The van der Waals surface area contributed by atoms with E-state index in [0.29, 0.717) is 5.82 Å². The van der Waals surface area contributed by atoms with Crippen LogP contribution in [0.3, 0.4) is 0 Å². The van der Waals surface area contributed by atoms with Gasteiger partial charge in [0.2, 0.25) is 0 Å². The summed E-state index contributed by atoms with van der Waals surface area (Å²) in [5, 5.41) is 4.24. The fourth-order valence-corrected chi connectivity index (χ4v) is 2.72. The summed E-state index contributed by atoms with van der Waals surface area (Å²) in [6.07, 6.45) is 4.80. The summed E-state index contributed by atoms with van der Waals surface area (Å²) in [6, 6.07) is 2.09. The van der Waals surface area contributed by atoms with E-state index in [1.165, 1.54) is 0 Å². The smallest absolute Gasteiger partial charge is 0.173 e. The van der Waals surface area contributed by atoms with Gasteiger partial charge in [0, 0.05) is 25.2 Å². The first-order valence-corrected chi connectivity index (χ1v) is 7.10. The molecule has 0 aliphatic carbocycles. The molecular formula is C11H16N6S. The third kappa shape index (κ3) is 1.79. The van der Waals surface area contributed by atoms with Crippen molar-refractivity contribution in [1.82, 2.24) is 14.6 Å². The largest absolute Gasteiger partial charge is 0.383 e. The van der Waals surface area contributed by atoms with Crippen LogP contribution in [0.1, 0.15) is 6.42 Å². The Morgan fingerprint density at radius 2 is 2.33 bits per heavy atom. The number of thioether (sulfide) groups is 1. The fraction of sp³-hybridized carbons (Fsp3) is 0.455. The summed E-state index contributed by atoms with van der Waals surface area (Å²) in [6.45, 7) is 1.78. The minimum atomic E-state index is 0.231. The van der Waals surface area contributed by atoms with Crippen molar-refractivity contribution in [1.29, 1.82) is 0 Å². The van der Waals surface area contributed by atoms with Crippen LogP contribution in [0.15, 0.2) is 17.2 Å². The van der Waals surface area contributed by atoms with Crippen LogP contribution in [0.5, 0.6) is 0 Å². The van der Waals surface area contributed by atoms with Crippen molar-refractivity contribution in [3.8, 4) is 0 Å². The second kappa shape index (κ2) is 4.33. The van der Waals surface area contributed by atoms with Gasteiger partial charge in [-0.3, -0.25) is 0 Å². The molecule has 4 N–H and O–H groups in total. The molecule has 0 radical (unpaired) electrons. The van der Waals surface area contributed by atoms with E-state index < -0.39 is 0 Å². The molecule has 0 spiro atoms. The van der Waals surface area contributed by atoms with Crippen LogP contribution in [-0.4, -0.2) is 40.0 Å². The summed E-state index contributed by atoms with van der Waals surface area (Å²) in [5.41, 5.74) is 12.8. The minimum Gasteiger partial charge on any atom is -0.383 e. The van der Waals surface area contributed by atoms with Gasteiger partial charge in [-0.15, -0.1) is 11.8 Å². The molecule has 0 aromatic carbocycles. The lowest BCUT2D eigenvalue weighted by Crippen LogP contribution is -2.27. The van der Waals surface area contributed by atoms with Crippen molar-refractivity contribution in [3.05, 3.63) is 12.3 Å². The van der Waals surface area contributed by atoms with Crippen molar-refractivity contribution in [2.75, 3.05) is 30.0 Å². The van der Waals surface area contributed by atoms with Gasteiger partial charge >= 0.3 is 0 Å². The van der Waals surface area contributed by atoms with E-state index in [1.807, 2.05) is 12.3 Å². The second-order valence-corrected chi connectivity index (χ2v) is 5.33. The maximum atomic E-state index is 6.02. The number of nitrogens with two attached hydrogens (primary N) is 2. The number of fused-ring (bicyclic) bond motifs is 1. The fourth-order valence-electron chi connectivity index (χ4n) is 2.25. The van der Waals surface area contributed by atoms with Gasteiger partial charge in [-0.05, 0) is 12.7 Å². The molecule has 96 valence electrons. The van der Waals surface area contributed by atoms with Crippen molar-refractivity contribution in [2.45, 2.75) is 17.4 Å². The normalized spacial score (nSPS) is 19.9. The quantitative estimate of drug-likeness (QED) is 0.771. The Morgan fingerprint density at radius 1 is 1.50 bits per heavy atom. The van der Waals surface area contributed by atoms with E-state index in [0.717, 1.165) is 35.9 Å². The van der Waals surface area contributed by atoms with Crippen LogP contribution < -0.4 is 16.4 Å². The zero-order valence-electron chi connectivity index (χ0n) is 10.2. The van der Waals surface area contributed by atoms with Gasteiger partial charge in [0.1, 0.15) is 11.6 Å². The van der Waals surface area contributed by atoms with E-state index in [9.17, 15) is 0 Å². The standard InChI is InChI=1S/C11H16N6S/c1-18-8-5-14-17-9(13)4-10(15-11(8)17)16-3-2-7(12)6-16/h4-5,7H,2-3,6,12-13H2,1H3. The summed E-state index contributed by atoms with van der Waals surface area (Å²) in [4.78, 5) is 7.87. The number of hydrogen-bond acceptors (Lipinski definition) is 6. The minimum absolute atomic E-state index is 0.231. The molecule has 3 rings (SSSR count). The van der Waals surface area contributed by atoms with Crippen molar-refractivity contribution >= 4 is 29.0 Å². The highest BCUT2D eigenvalue weighted by molar-refractivity contribution is 7.98. The molecule has 3 heterocycles. The lowest BCUT2D eigenvalue weighted by atomic mass is 10.3. The highest BCUT2D eigenvalue weighted by Crippen LogP contribution is 2.26. The highest BCUT2D eigenvalue weighted by atomic mass is 32.2. The first-order chi connectivity index (χ1) is 8.69. The first-order valence-electron chi connectivity index (χ1n) is 5.88. The van der Waals surface area contributed by atoms with Gasteiger partial charge in [-0.1, -0.05) is 0 Å². The third-order valence-corrected chi connectivity index (χ3v) is 3.95. The molecule has 0 bridgehead atoms. The topological polar surface area (TPSA) is 85.5 Å². The van der Waals surface area contributed by atoms with Crippen LogP contribution in [0.2, 0.25) is 0 Å². The van der Waals surface area contributed by atoms with Gasteiger partial charge in [0.25, 0.3) is 0 Å². The van der Waals surface area contributed by atoms with Crippen LogP contribution in [0.4, 0.5) is 11.6 Å². The predicted molar refractivity (Wildman–Crippen MR) is 74.0 cm³/mol. The molecule has 1 aliphatic rings. The van der Waals surface area contributed by atoms with Gasteiger partial charge < -0.3 is 16.4 Å². The van der Waals surface area contributed by atoms with Gasteiger partial charge in [-0.25, -0.2) is 4.98 Å². The number of nitrogens with zero attached hydrogens (tertiary/aromatic N) is 4. The number of hydrogen-bond donors (Lipinski definition) is 2. The lowest BCUT2D eigenvalue weighted by Gasteiger charge is -2.17. The number of aromatic nitrogens is 3. The molecule has 0 amide bonds. The van der Waals surface area contributed by atoms with Crippen LogP contribution in [0.25, 0.3) is 5.65 Å². The highest BCUT2D eigenvalue weighted by Gasteiger charge is 2.21. The molecule has 6 nitrogen and oxygen atoms in total. The molecule has 1 aliphatic heterocycles. The Hall–Kier alpha value is -1.47. The third-order valence-electron chi connectivity index (χ3n) is 3.22. The van der Waals surface area contributed by atoms with E-state index in [1.54, 1.807) is 22.5 Å². The number of anilines is 2. The van der Waals surface area contributed by atoms with E-state index in [-0.39, 0.29) is 6.04 Å². The molecular weight excluding hydrogens is 248 g/mol. The van der Waals surface area contributed by atoms with Crippen LogP contribution >= 0.6 is 11.8 Å². The molecule has 1 unspecified atom stereocenters. The van der Waals surface area contributed by atoms with Gasteiger partial charge in [0.15, 0.2) is 5.65 Å². The number of rotatable bonds is 2. The van der Waals surface area contributed by atoms with E-state index in [4.69, 9.17) is 11.5 Å².